The van der Waals surface area contributed by atoms with Crippen LogP contribution in [0.15, 0.2) is 30.5 Å². The van der Waals surface area contributed by atoms with Gasteiger partial charge in [-0.1, -0.05) is 13.8 Å². The maximum Gasteiger partial charge on any atom is 0.313 e. The van der Waals surface area contributed by atoms with Gasteiger partial charge < -0.3 is 20.3 Å². The molecular weight excluding hydrogens is 294 g/mol. The van der Waals surface area contributed by atoms with Gasteiger partial charge in [0.2, 0.25) is 0 Å². The quantitative estimate of drug-likeness (QED) is 0.734. The second kappa shape index (κ2) is 7.28. The van der Waals surface area contributed by atoms with Crippen LogP contribution in [0, 0.1) is 5.92 Å². The fraction of sp³-hybridized carbons (Fsp3) is 0.412. The number of rotatable bonds is 5. The summed E-state index contributed by atoms with van der Waals surface area (Å²) in [7, 11) is 0. The molecule has 6 heteroatoms. The third kappa shape index (κ3) is 4.56. The highest BCUT2D eigenvalue weighted by molar-refractivity contribution is 6.39. The molecule has 6 nitrogen and oxygen atoms in total. The van der Waals surface area contributed by atoms with Gasteiger partial charge in [0.05, 0.1) is 6.10 Å². The number of carbonyl (C=O) groups is 2. The van der Waals surface area contributed by atoms with Gasteiger partial charge in [-0.2, -0.15) is 0 Å². The molecule has 124 valence electrons. The van der Waals surface area contributed by atoms with Crippen LogP contribution in [-0.2, 0) is 16.1 Å². The van der Waals surface area contributed by atoms with E-state index >= 15 is 0 Å². The Morgan fingerprint density at radius 2 is 1.91 bits per heavy atom. The average molecular weight is 317 g/mol. The summed E-state index contributed by atoms with van der Waals surface area (Å²) in [5.41, 5.74) is 1.66. The predicted octanol–water partition coefficient (Wildman–Crippen LogP) is 1.73. The minimum absolute atomic E-state index is 0.0450. The van der Waals surface area contributed by atoms with Crippen LogP contribution >= 0.6 is 0 Å². The van der Waals surface area contributed by atoms with Crippen LogP contribution in [0.4, 0.5) is 5.69 Å². The molecular formula is C17H23N3O3. The summed E-state index contributed by atoms with van der Waals surface area (Å²) >= 11 is 0. The number of nitrogens with zero attached hydrogens (tertiary/aromatic N) is 1. The minimum atomic E-state index is -0.761. The first-order chi connectivity index (χ1) is 10.9. The molecule has 0 aliphatic carbocycles. The second-order valence-corrected chi connectivity index (χ2v) is 6.15. The third-order valence-electron chi connectivity index (χ3n) is 3.35. The molecule has 0 bridgehead atoms. The number of hydrogen-bond donors (Lipinski definition) is 3. The van der Waals surface area contributed by atoms with Crippen molar-refractivity contribution < 1.29 is 14.7 Å². The second-order valence-electron chi connectivity index (χ2n) is 6.15. The van der Waals surface area contributed by atoms with Crippen LogP contribution in [0.2, 0.25) is 0 Å². The number of hydrogen-bond acceptors (Lipinski definition) is 3. The normalized spacial score (nSPS) is 12.4. The van der Waals surface area contributed by atoms with Crippen molar-refractivity contribution in [3.8, 4) is 0 Å². The third-order valence-corrected chi connectivity index (χ3v) is 3.35. The van der Waals surface area contributed by atoms with E-state index in [-0.39, 0.29) is 6.54 Å². The molecule has 0 fully saturated rings. The van der Waals surface area contributed by atoms with Crippen LogP contribution in [0.5, 0.6) is 0 Å². The number of fused-ring (bicyclic) bond motifs is 1. The van der Waals surface area contributed by atoms with Crippen molar-refractivity contribution in [2.24, 2.45) is 5.92 Å². The smallest absolute Gasteiger partial charge is 0.313 e. The average Bonchev–Trinajstić information content (AvgIpc) is 2.86. The van der Waals surface area contributed by atoms with Crippen LogP contribution in [0.1, 0.15) is 20.8 Å². The molecule has 0 saturated heterocycles. The molecule has 0 aliphatic rings. The number of benzene rings is 1. The Bertz CT molecular complexity index is 704. The Morgan fingerprint density at radius 3 is 2.57 bits per heavy atom. The Labute approximate surface area is 135 Å². The molecule has 1 aromatic carbocycles. The number of amides is 2. The molecule has 3 N–H and O–H groups in total. The van der Waals surface area contributed by atoms with Gasteiger partial charge in [-0.15, -0.1) is 0 Å². The summed E-state index contributed by atoms with van der Waals surface area (Å²) in [6.45, 7) is 6.83. The first kappa shape index (κ1) is 17.0. The SMILES string of the molecule is CC(C)Cn1ccc2cc(NC(=O)C(=O)NCC(C)O)ccc21. The Morgan fingerprint density at radius 1 is 1.17 bits per heavy atom. The van der Waals surface area contributed by atoms with Gasteiger partial charge in [0, 0.05) is 35.9 Å². The molecule has 0 saturated carbocycles. The number of nitrogens with one attached hydrogen (secondary N) is 2. The maximum atomic E-state index is 11.8. The van der Waals surface area contributed by atoms with Crippen molar-refractivity contribution in [1.82, 2.24) is 9.88 Å². The molecule has 0 spiro atoms. The number of anilines is 1. The lowest BCUT2D eigenvalue weighted by Crippen LogP contribution is -2.38. The Hall–Kier alpha value is -2.34. The van der Waals surface area contributed by atoms with E-state index in [0.29, 0.717) is 11.6 Å². The number of aliphatic hydroxyl groups is 1. The molecule has 1 atom stereocenters. The van der Waals surface area contributed by atoms with Crippen molar-refractivity contribution in [3.63, 3.8) is 0 Å². The van der Waals surface area contributed by atoms with Crippen molar-refractivity contribution in [2.75, 3.05) is 11.9 Å². The number of aliphatic hydroxyl groups excluding tert-OH is 1. The Balaban J connectivity index is 2.06. The van der Waals surface area contributed by atoms with Gasteiger partial charge in [0.25, 0.3) is 0 Å². The summed E-state index contributed by atoms with van der Waals surface area (Å²) in [4.78, 5) is 23.4. The molecule has 2 rings (SSSR count). The summed E-state index contributed by atoms with van der Waals surface area (Å²) in [6.07, 6.45) is 1.33. The van der Waals surface area contributed by atoms with E-state index in [1.165, 1.54) is 6.92 Å². The first-order valence-electron chi connectivity index (χ1n) is 7.73. The van der Waals surface area contributed by atoms with E-state index in [1.807, 2.05) is 24.4 Å². The van der Waals surface area contributed by atoms with Gasteiger partial charge in [-0.25, -0.2) is 0 Å². The number of carbonyl (C=O) groups excluding carboxylic acids is 2. The zero-order valence-electron chi connectivity index (χ0n) is 13.7. The fourth-order valence-electron chi connectivity index (χ4n) is 2.34. The van der Waals surface area contributed by atoms with Crippen molar-refractivity contribution in [3.05, 3.63) is 30.5 Å². The molecule has 0 aliphatic heterocycles. The topological polar surface area (TPSA) is 83.4 Å². The standard InChI is InChI=1S/C17H23N3O3/c1-11(2)10-20-7-6-13-8-14(4-5-15(13)20)19-17(23)16(22)18-9-12(3)21/h4-8,11-12,21H,9-10H2,1-3H3,(H,18,22)(H,19,23). The van der Waals surface area contributed by atoms with E-state index < -0.39 is 17.9 Å². The van der Waals surface area contributed by atoms with Crippen LogP contribution < -0.4 is 10.6 Å². The van der Waals surface area contributed by atoms with Crippen molar-refractivity contribution >= 4 is 28.4 Å². The molecule has 23 heavy (non-hydrogen) atoms. The van der Waals surface area contributed by atoms with E-state index in [2.05, 4.69) is 29.0 Å². The maximum absolute atomic E-state index is 11.8. The van der Waals surface area contributed by atoms with Crippen LogP contribution in [-0.4, -0.2) is 34.1 Å². The molecule has 2 amide bonds. The van der Waals surface area contributed by atoms with Gasteiger partial charge in [-0.3, -0.25) is 9.59 Å². The lowest BCUT2D eigenvalue weighted by Gasteiger charge is -2.10. The fourth-order valence-corrected chi connectivity index (χ4v) is 2.34. The molecule has 1 unspecified atom stereocenters. The zero-order valence-corrected chi connectivity index (χ0v) is 13.7. The Kier molecular flexibility index (Phi) is 5.39. The highest BCUT2D eigenvalue weighted by Gasteiger charge is 2.14. The van der Waals surface area contributed by atoms with E-state index in [9.17, 15) is 9.59 Å². The van der Waals surface area contributed by atoms with E-state index in [1.54, 1.807) is 6.07 Å². The lowest BCUT2D eigenvalue weighted by atomic mass is 10.2. The highest BCUT2D eigenvalue weighted by Crippen LogP contribution is 2.21. The largest absolute Gasteiger partial charge is 0.392 e. The van der Waals surface area contributed by atoms with Crippen molar-refractivity contribution in [2.45, 2.75) is 33.4 Å². The summed E-state index contributed by atoms with van der Waals surface area (Å²) in [5, 5.41) is 15.0. The highest BCUT2D eigenvalue weighted by atomic mass is 16.3. The minimum Gasteiger partial charge on any atom is -0.392 e. The lowest BCUT2D eigenvalue weighted by molar-refractivity contribution is -0.136. The molecule has 1 aromatic heterocycles. The van der Waals surface area contributed by atoms with E-state index in [4.69, 9.17) is 5.11 Å². The first-order valence-corrected chi connectivity index (χ1v) is 7.73. The summed E-state index contributed by atoms with van der Waals surface area (Å²) in [6, 6.07) is 7.53. The number of aromatic nitrogens is 1. The molecule has 1 heterocycles. The van der Waals surface area contributed by atoms with Gasteiger partial charge in [0.15, 0.2) is 0 Å². The summed E-state index contributed by atoms with van der Waals surface area (Å²) in [5.74, 6) is -0.961. The van der Waals surface area contributed by atoms with Gasteiger partial charge >= 0.3 is 11.8 Å². The van der Waals surface area contributed by atoms with Crippen molar-refractivity contribution in [1.29, 1.82) is 0 Å². The van der Waals surface area contributed by atoms with Crippen LogP contribution in [0.3, 0.4) is 0 Å². The zero-order chi connectivity index (χ0) is 17.0. The van der Waals surface area contributed by atoms with Gasteiger partial charge in [-0.05, 0) is 37.1 Å². The monoisotopic (exact) mass is 317 g/mol. The van der Waals surface area contributed by atoms with Crippen LogP contribution in [0.25, 0.3) is 10.9 Å². The molecule has 0 radical (unpaired) electrons. The van der Waals surface area contributed by atoms with E-state index in [0.717, 1.165) is 17.4 Å². The predicted molar refractivity (Wildman–Crippen MR) is 90.1 cm³/mol. The molecule has 2 aromatic rings. The summed E-state index contributed by atoms with van der Waals surface area (Å²) < 4.78 is 2.17. The van der Waals surface area contributed by atoms with Gasteiger partial charge in [0.1, 0.15) is 0 Å².